The number of ether oxygens (including phenoxy) is 2. The summed E-state index contributed by atoms with van der Waals surface area (Å²) in [4.78, 5) is 17.2. The molecule has 1 aromatic heterocycles. The summed E-state index contributed by atoms with van der Waals surface area (Å²) >= 11 is 7.43. The van der Waals surface area contributed by atoms with Gasteiger partial charge in [0, 0.05) is 27.2 Å². The van der Waals surface area contributed by atoms with E-state index < -0.39 is 0 Å². The predicted molar refractivity (Wildman–Crippen MR) is 149 cm³/mol. The summed E-state index contributed by atoms with van der Waals surface area (Å²) in [5, 5.41) is 10.7. The molecule has 4 rings (SSSR count). The number of hydrogen-bond donors (Lipinski definition) is 2. The maximum atomic E-state index is 12.5. The highest BCUT2D eigenvalue weighted by atomic mass is 35.5. The molecule has 0 saturated heterocycles. The molecule has 0 fully saturated rings. The molecule has 1 amide bonds. The van der Waals surface area contributed by atoms with Crippen LogP contribution in [0.1, 0.15) is 22.8 Å². The van der Waals surface area contributed by atoms with Crippen molar-refractivity contribution in [2.24, 2.45) is 5.10 Å². The normalized spacial score (nSPS) is 10.6. The van der Waals surface area contributed by atoms with E-state index in [1.807, 2.05) is 48.7 Å². The Hall–Kier alpha value is -4.32. The first-order valence-electron chi connectivity index (χ1n) is 11.3. The third-order valence-corrected chi connectivity index (χ3v) is 6.01. The fourth-order valence-electron chi connectivity index (χ4n) is 3.25. The van der Waals surface area contributed by atoms with Crippen molar-refractivity contribution in [2.75, 3.05) is 18.5 Å². The van der Waals surface area contributed by atoms with E-state index in [0.717, 1.165) is 27.6 Å². The van der Waals surface area contributed by atoms with E-state index in [-0.39, 0.29) is 12.5 Å². The summed E-state index contributed by atoms with van der Waals surface area (Å²) in [6.45, 7) is 2.50. The Morgan fingerprint density at radius 3 is 2.62 bits per heavy atom. The highest BCUT2D eigenvalue weighted by molar-refractivity contribution is 7.14. The molecule has 0 bridgehead atoms. The molecule has 37 heavy (non-hydrogen) atoms. The van der Waals surface area contributed by atoms with Crippen LogP contribution in [0.4, 0.5) is 10.8 Å². The highest BCUT2D eigenvalue weighted by Crippen LogP contribution is 2.29. The fourth-order valence-corrected chi connectivity index (χ4v) is 4.12. The summed E-state index contributed by atoms with van der Waals surface area (Å²) in [5.41, 5.74) is 6.37. The molecule has 0 aliphatic rings. The number of amides is 1. The van der Waals surface area contributed by atoms with Gasteiger partial charge in [-0.2, -0.15) is 5.10 Å². The van der Waals surface area contributed by atoms with Gasteiger partial charge in [-0.15, -0.1) is 17.8 Å². The van der Waals surface area contributed by atoms with Crippen molar-refractivity contribution < 1.29 is 14.3 Å². The molecule has 0 aliphatic heterocycles. The second kappa shape index (κ2) is 12.6. The molecular weight excluding hydrogens is 508 g/mol. The van der Waals surface area contributed by atoms with Gasteiger partial charge in [0.2, 0.25) is 0 Å². The van der Waals surface area contributed by atoms with Gasteiger partial charge in [-0.1, -0.05) is 29.7 Å². The quantitative estimate of drug-likeness (QED) is 0.141. The molecule has 4 aromatic rings. The number of carbonyl (C=O) groups excluding carboxylic acids is 1. The minimum Gasteiger partial charge on any atom is -0.490 e. The van der Waals surface area contributed by atoms with Gasteiger partial charge in [0.05, 0.1) is 18.5 Å². The zero-order chi connectivity index (χ0) is 26.0. The van der Waals surface area contributed by atoms with Crippen molar-refractivity contribution in [2.45, 2.75) is 6.92 Å². The first-order chi connectivity index (χ1) is 18.1. The lowest BCUT2D eigenvalue weighted by Gasteiger charge is -2.10. The van der Waals surface area contributed by atoms with Gasteiger partial charge >= 0.3 is 0 Å². The minimum atomic E-state index is -0.329. The number of nitrogens with one attached hydrogen (secondary N) is 2. The van der Waals surface area contributed by atoms with Crippen LogP contribution in [-0.2, 0) is 0 Å². The van der Waals surface area contributed by atoms with Crippen LogP contribution in [0.2, 0.25) is 5.02 Å². The number of terminal acetylenes is 1. The molecular formula is C28H23ClN4O3S. The van der Waals surface area contributed by atoms with Crippen molar-refractivity contribution >= 4 is 45.9 Å². The Morgan fingerprint density at radius 2 is 1.89 bits per heavy atom. The van der Waals surface area contributed by atoms with Gasteiger partial charge in [0.25, 0.3) is 5.91 Å². The second-order valence-corrected chi connectivity index (χ2v) is 8.87. The number of anilines is 2. The van der Waals surface area contributed by atoms with Crippen LogP contribution < -0.4 is 20.2 Å². The summed E-state index contributed by atoms with van der Waals surface area (Å²) < 4.78 is 11.1. The molecule has 0 radical (unpaired) electrons. The molecule has 1 heterocycles. The third kappa shape index (κ3) is 7.10. The fraction of sp³-hybridized carbons (Fsp3) is 0.107. The molecule has 0 unspecified atom stereocenters. The van der Waals surface area contributed by atoms with Crippen molar-refractivity contribution in [1.29, 1.82) is 0 Å². The van der Waals surface area contributed by atoms with Gasteiger partial charge in [-0.05, 0) is 67.1 Å². The van der Waals surface area contributed by atoms with Crippen molar-refractivity contribution in [3.05, 3.63) is 88.3 Å². The highest BCUT2D eigenvalue weighted by Gasteiger charge is 2.09. The number of halogens is 1. The van der Waals surface area contributed by atoms with E-state index >= 15 is 0 Å². The summed E-state index contributed by atoms with van der Waals surface area (Å²) in [6.07, 6.45) is 6.79. The number of thiazole rings is 1. The largest absolute Gasteiger partial charge is 0.490 e. The Balaban J connectivity index is 1.36. The Bertz CT molecular complexity index is 1430. The van der Waals surface area contributed by atoms with Gasteiger partial charge in [0.1, 0.15) is 6.61 Å². The lowest BCUT2D eigenvalue weighted by atomic mass is 10.1. The average Bonchev–Trinajstić information content (AvgIpc) is 3.38. The predicted octanol–water partition coefficient (Wildman–Crippen LogP) is 6.38. The van der Waals surface area contributed by atoms with E-state index in [2.05, 4.69) is 26.7 Å². The first-order valence-corrected chi connectivity index (χ1v) is 12.6. The third-order valence-electron chi connectivity index (χ3n) is 5.00. The van der Waals surface area contributed by atoms with Crippen LogP contribution >= 0.6 is 22.9 Å². The number of rotatable bonds is 10. The SMILES string of the molecule is C#CCOc1ccc(/C=N\NC(=O)c2ccc(-c3csc(Nc4ccc(Cl)cc4)n3)cc2)cc1OCC. The zero-order valence-electron chi connectivity index (χ0n) is 19.9. The van der Waals surface area contributed by atoms with Crippen LogP contribution in [-0.4, -0.2) is 30.3 Å². The molecule has 0 aliphatic carbocycles. The standard InChI is InChI=1S/C28H23ClN4O3S/c1-3-15-36-25-14-5-19(16-26(25)35-4-2)17-30-33-27(34)21-8-6-20(7-9-21)24-18-37-28(32-24)31-23-12-10-22(29)11-13-23/h1,5-14,16-18H,4,15H2,2H3,(H,31,32)(H,33,34)/b30-17-. The second-order valence-electron chi connectivity index (χ2n) is 7.58. The van der Waals surface area contributed by atoms with Crippen LogP contribution in [0.25, 0.3) is 11.3 Å². The van der Waals surface area contributed by atoms with Gasteiger partial charge in [0.15, 0.2) is 16.6 Å². The minimum absolute atomic E-state index is 0.145. The average molecular weight is 531 g/mol. The number of benzene rings is 3. The van der Waals surface area contributed by atoms with Crippen LogP contribution in [0.15, 0.2) is 77.2 Å². The summed E-state index contributed by atoms with van der Waals surface area (Å²) in [5.74, 6) is 3.20. The summed E-state index contributed by atoms with van der Waals surface area (Å²) in [7, 11) is 0. The maximum absolute atomic E-state index is 12.5. The van der Waals surface area contributed by atoms with Crippen LogP contribution in [0, 0.1) is 12.3 Å². The Kier molecular flexibility index (Phi) is 8.76. The molecule has 3 aromatic carbocycles. The van der Waals surface area contributed by atoms with Gasteiger partial charge in [-0.3, -0.25) is 4.79 Å². The van der Waals surface area contributed by atoms with Gasteiger partial charge in [-0.25, -0.2) is 10.4 Å². The number of aromatic nitrogens is 1. The number of carbonyl (C=O) groups is 1. The van der Waals surface area contributed by atoms with Crippen molar-refractivity contribution in [3.8, 4) is 35.1 Å². The number of hydrogen-bond acceptors (Lipinski definition) is 7. The molecule has 9 heteroatoms. The molecule has 7 nitrogen and oxygen atoms in total. The molecule has 0 atom stereocenters. The Labute approximate surface area is 224 Å². The molecule has 186 valence electrons. The number of hydrazone groups is 1. The summed E-state index contributed by atoms with van der Waals surface area (Å²) in [6, 6.07) is 19.9. The Morgan fingerprint density at radius 1 is 1.11 bits per heavy atom. The molecule has 0 saturated carbocycles. The van der Waals surface area contributed by atoms with E-state index in [9.17, 15) is 4.79 Å². The van der Waals surface area contributed by atoms with Crippen molar-refractivity contribution in [1.82, 2.24) is 10.4 Å². The van der Waals surface area contributed by atoms with Crippen LogP contribution in [0.3, 0.4) is 0 Å². The van der Waals surface area contributed by atoms with E-state index in [1.165, 1.54) is 17.6 Å². The monoisotopic (exact) mass is 530 g/mol. The smallest absolute Gasteiger partial charge is 0.271 e. The van der Waals surface area contributed by atoms with E-state index in [4.69, 9.17) is 27.5 Å². The maximum Gasteiger partial charge on any atom is 0.271 e. The van der Waals surface area contributed by atoms with Crippen LogP contribution in [0.5, 0.6) is 11.5 Å². The van der Waals surface area contributed by atoms with Crippen molar-refractivity contribution in [3.63, 3.8) is 0 Å². The van der Waals surface area contributed by atoms with Gasteiger partial charge < -0.3 is 14.8 Å². The lowest BCUT2D eigenvalue weighted by Crippen LogP contribution is -2.17. The molecule has 0 spiro atoms. The van der Waals surface area contributed by atoms with E-state index in [0.29, 0.717) is 28.7 Å². The lowest BCUT2D eigenvalue weighted by molar-refractivity contribution is 0.0955. The topological polar surface area (TPSA) is 84.8 Å². The molecule has 2 N–H and O–H groups in total. The first kappa shape index (κ1) is 25.8. The van der Waals surface area contributed by atoms with E-state index in [1.54, 1.807) is 30.3 Å². The number of nitrogens with zero attached hydrogens (tertiary/aromatic N) is 2. The zero-order valence-corrected chi connectivity index (χ0v) is 21.5.